The molecule has 2 rings (SSSR count). The van der Waals surface area contributed by atoms with E-state index < -0.39 is 0 Å². The lowest BCUT2D eigenvalue weighted by atomic mass is 10.0. The van der Waals surface area contributed by atoms with Crippen LogP contribution in [-0.2, 0) is 0 Å². The summed E-state index contributed by atoms with van der Waals surface area (Å²) in [4.78, 5) is 6.47. The number of pyridine rings is 1. The molecule has 2 heterocycles. The van der Waals surface area contributed by atoms with Crippen LogP contribution in [0, 0.1) is 0 Å². The van der Waals surface area contributed by atoms with E-state index in [2.05, 4.69) is 36.0 Å². The van der Waals surface area contributed by atoms with Crippen molar-refractivity contribution in [3.05, 3.63) is 41.7 Å². The van der Waals surface area contributed by atoms with Crippen molar-refractivity contribution < 1.29 is 0 Å². The summed E-state index contributed by atoms with van der Waals surface area (Å²) < 4.78 is 0. The van der Waals surface area contributed by atoms with Gasteiger partial charge in [-0.3, -0.25) is 9.88 Å². The van der Waals surface area contributed by atoms with Crippen molar-refractivity contribution in [3.8, 4) is 0 Å². The van der Waals surface area contributed by atoms with Crippen LogP contribution in [0.2, 0.25) is 0 Å². The zero-order valence-corrected chi connectivity index (χ0v) is 8.07. The highest BCUT2D eigenvalue weighted by atomic mass is 15.1. The van der Waals surface area contributed by atoms with Gasteiger partial charge in [-0.2, -0.15) is 0 Å². The summed E-state index contributed by atoms with van der Waals surface area (Å²) in [6.07, 6.45) is 6.04. The smallest absolute Gasteiger partial charge is 0.0574 e. The Kier molecular flexibility index (Phi) is 2.15. The highest BCUT2D eigenvalue weighted by Crippen LogP contribution is 2.30. The Morgan fingerprint density at radius 3 is 2.92 bits per heavy atom. The molecular formula is C11H14N2. The van der Waals surface area contributed by atoms with E-state index >= 15 is 0 Å². The van der Waals surface area contributed by atoms with Gasteiger partial charge in [0, 0.05) is 18.9 Å². The Hall–Kier alpha value is -1.15. The van der Waals surface area contributed by atoms with Crippen LogP contribution in [0.5, 0.6) is 0 Å². The molecule has 0 radical (unpaired) electrons. The molecule has 0 saturated heterocycles. The van der Waals surface area contributed by atoms with Crippen molar-refractivity contribution >= 4 is 0 Å². The molecule has 0 bridgehead atoms. The topological polar surface area (TPSA) is 16.1 Å². The molecule has 1 unspecified atom stereocenters. The van der Waals surface area contributed by atoms with E-state index in [0.717, 1.165) is 6.54 Å². The number of nitrogens with zero attached hydrogens (tertiary/aromatic N) is 2. The lowest BCUT2D eigenvalue weighted by molar-refractivity contribution is 0.330. The van der Waals surface area contributed by atoms with Gasteiger partial charge in [-0.15, -0.1) is 0 Å². The minimum atomic E-state index is 0.439. The van der Waals surface area contributed by atoms with Gasteiger partial charge in [0.15, 0.2) is 0 Å². The predicted octanol–water partition coefficient (Wildman–Crippen LogP) is 2.01. The monoisotopic (exact) mass is 174 g/mol. The lowest BCUT2D eigenvalue weighted by Crippen LogP contribution is -2.19. The molecule has 0 amide bonds. The van der Waals surface area contributed by atoms with E-state index in [-0.39, 0.29) is 0 Å². The fourth-order valence-corrected chi connectivity index (χ4v) is 1.91. The van der Waals surface area contributed by atoms with Crippen LogP contribution in [0.4, 0.5) is 0 Å². The maximum absolute atomic E-state index is 4.14. The van der Waals surface area contributed by atoms with Gasteiger partial charge in [0.2, 0.25) is 0 Å². The second kappa shape index (κ2) is 3.30. The zero-order chi connectivity index (χ0) is 9.26. The molecule has 1 aromatic rings. The number of hydrogen-bond donors (Lipinski definition) is 0. The second-order valence-corrected chi connectivity index (χ2v) is 3.58. The van der Waals surface area contributed by atoms with Crippen LogP contribution in [0.3, 0.4) is 0 Å². The van der Waals surface area contributed by atoms with Crippen LogP contribution < -0.4 is 0 Å². The SMILES string of the molecule is CC1=CCN(C)C1c1cccnc1. The van der Waals surface area contributed by atoms with Crippen LogP contribution in [0.15, 0.2) is 36.2 Å². The van der Waals surface area contributed by atoms with Gasteiger partial charge in [-0.05, 0) is 25.6 Å². The molecule has 1 atom stereocenters. The molecule has 1 aliphatic heterocycles. The summed E-state index contributed by atoms with van der Waals surface area (Å²) in [7, 11) is 2.14. The van der Waals surface area contributed by atoms with Crippen molar-refractivity contribution in [1.82, 2.24) is 9.88 Å². The highest BCUT2D eigenvalue weighted by molar-refractivity contribution is 5.28. The number of rotatable bonds is 1. The fourth-order valence-electron chi connectivity index (χ4n) is 1.91. The third kappa shape index (κ3) is 1.49. The van der Waals surface area contributed by atoms with Crippen molar-refractivity contribution in [2.45, 2.75) is 13.0 Å². The normalized spacial score (nSPS) is 23.2. The Balaban J connectivity index is 2.31. The number of hydrogen-bond acceptors (Lipinski definition) is 2. The molecule has 0 aromatic carbocycles. The molecule has 2 nitrogen and oxygen atoms in total. The van der Waals surface area contributed by atoms with Crippen LogP contribution in [0.1, 0.15) is 18.5 Å². The molecule has 2 heteroatoms. The first kappa shape index (κ1) is 8.45. The number of likely N-dealkylation sites (N-methyl/N-ethyl adjacent to an activating group) is 1. The molecule has 0 fully saturated rings. The first-order valence-electron chi connectivity index (χ1n) is 4.56. The van der Waals surface area contributed by atoms with E-state index in [1.807, 2.05) is 18.5 Å². The molecule has 0 N–H and O–H groups in total. The molecular weight excluding hydrogens is 160 g/mol. The van der Waals surface area contributed by atoms with Crippen LogP contribution in [0.25, 0.3) is 0 Å². The van der Waals surface area contributed by atoms with Crippen molar-refractivity contribution in [2.24, 2.45) is 0 Å². The summed E-state index contributed by atoms with van der Waals surface area (Å²) in [5.74, 6) is 0. The van der Waals surface area contributed by atoms with Gasteiger partial charge < -0.3 is 0 Å². The standard InChI is InChI=1S/C11H14N2/c1-9-5-7-13(2)11(9)10-4-3-6-12-8-10/h3-6,8,11H,7H2,1-2H3. The Morgan fingerprint density at radius 2 is 2.38 bits per heavy atom. The molecule has 0 aliphatic carbocycles. The van der Waals surface area contributed by atoms with Gasteiger partial charge in [-0.1, -0.05) is 17.7 Å². The maximum Gasteiger partial charge on any atom is 0.0574 e. The van der Waals surface area contributed by atoms with Gasteiger partial charge in [-0.25, -0.2) is 0 Å². The highest BCUT2D eigenvalue weighted by Gasteiger charge is 2.22. The molecule has 13 heavy (non-hydrogen) atoms. The quantitative estimate of drug-likeness (QED) is 0.605. The maximum atomic E-state index is 4.14. The minimum absolute atomic E-state index is 0.439. The van der Waals surface area contributed by atoms with Crippen molar-refractivity contribution in [2.75, 3.05) is 13.6 Å². The summed E-state index contributed by atoms with van der Waals surface area (Å²) in [5, 5.41) is 0. The zero-order valence-electron chi connectivity index (χ0n) is 8.07. The Labute approximate surface area is 78.9 Å². The third-order valence-electron chi connectivity index (χ3n) is 2.57. The van der Waals surface area contributed by atoms with Gasteiger partial charge in [0.05, 0.1) is 6.04 Å². The van der Waals surface area contributed by atoms with Gasteiger partial charge in [0.1, 0.15) is 0 Å². The van der Waals surface area contributed by atoms with Crippen LogP contribution >= 0.6 is 0 Å². The summed E-state index contributed by atoms with van der Waals surface area (Å²) >= 11 is 0. The molecule has 68 valence electrons. The summed E-state index contributed by atoms with van der Waals surface area (Å²) in [6, 6.07) is 4.57. The van der Waals surface area contributed by atoms with Crippen LogP contribution in [-0.4, -0.2) is 23.5 Å². The predicted molar refractivity (Wildman–Crippen MR) is 53.4 cm³/mol. The largest absolute Gasteiger partial charge is 0.292 e. The molecule has 0 saturated carbocycles. The lowest BCUT2D eigenvalue weighted by Gasteiger charge is -2.21. The first-order valence-corrected chi connectivity index (χ1v) is 4.56. The average molecular weight is 174 g/mol. The minimum Gasteiger partial charge on any atom is -0.292 e. The van der Waals surface area contributed by atoms with Gasteiger partial charge in [0.25, 0.3) is 0 Å². The van der Waals surface area contributed by atoms with Crippen molar-refractivity contribution in [3.63, 3.8) is 0 Å². The van der Waals surface area contributed by atoms with E-state index in [4.69, 9.17) is 0 Å². The van der Waals surface area contributed by atoms with E-state index in [0.29, 0.717) is 6.04 Å². The van der Waals surface area contributed by atoms with Gasteiger partial charge >= 0.3 is 0 Å². The Bertz CT molecular complexity index is 316. The second-order valence-electron chi connectivity index (χ2n) is 3.58. The average Bonchev–Trinajstić information content (AvgIpc) is 2.48. The fraction of sp³-hybridized carbons (Fsp3) is 0.364. The molecule has 1 aromatic heterocycles. The summed E-state index contributed by atoms with van der Waals surface area (Å²) in [5.41, 5.74) is 2.71. The van der Waals surface area contributed by atoms with Crippen molar-refractivity contribution in [1.29, 1.82) is 0 Å². The number of aromatic nitrogens is 1. The molecule has 1 aliphatic rings. The summed E-state index contributed by atoms with van der Waals surface area (Å²) in [6.45, 7) is 3.23. The van der Waals surface area contributed by atoms with E-state index in [9.17, 15) is 0 Å². The van der Waals surface area contributed by atoms with E-state index in [1.165, 1.54) is 11.1 Å². The Morgan fingerprint density at radius 1 is 1.54 bits per heavy atom. The first-order chi connectivity index (χ1) is 6.29. The van der Waals surface area contributed by atoms with E-state index in [1.54, 1.807) is 0 Å². The third-order valence-corrected chi connectivity index (χ3v) is 2.57. The molecule has 0 spiro atoms.